The zero-order chi connectivity index (χ0) is 14.7. The summed E-state index contributed by atoms with van der Waals surface area (Å²) in [6.07, 6.45) is 0. The lowest BCUT2D eigenvalue weighted by Gasteiger charge is -2.29. The number of aromatic nitrogens is 2. The summed E-state index contributed by atoms with van der Waals surface area (Å²) >= 11 is 0. The zero-order valence-electron chi connectivity index (χ0n) is 12.9. The Morgan fingerprint density at radius 2 is 2.00 bits per heavy atom. The minimum atomic E-state index is 0.216. The monoisotopic (exact) mass is 279 g/mol. The molecule has 1 aliphatic rings. The Bertz CT molecular complexity index is 476. The molecule has 1 aliphatic heterocycles. The van der Waals surface area contributed by atoms with Crippen LogP contribution in [0, 0.1) is 13.8 Å². The van der Waals surface area contributed by atoms with Crippen molar-refractivity contribution in [3.8, 4) is 0 Å². The molecule has 1 N–H and O–H groups in total. The van der Waals surface area contributed by atoms with E-state index >= 15 is 0 Å². The molecule has 2 heterocycles. The Hall–Kier alpha value is -1.40. The van der Waals surface area contributed by atoms with Gasteiger partial charge >= 0.3 is 0 Å². The Labute approximate surface area is 120 Å². The Morgan fingerprint density at radius 3 is 2.55 bits per heavy atom. The topological polar surface area (TPSA) is 53.4 Å². The van der Waals surface area contributed by atoms with Crippen LogP contribution in [0.25, 0.3) is 0 Å². The summed E-state index contributed by atoms with van der Waals surface area (Å²) in [5, 5.41) is 7.68. The molecule has 0 saturated carbocycles. The summed E-state index contributed by atoms with van der Waals surface area (Å²) in [5.74, 6) is 0.216. The molecule has 0 unspecified atom stereocenters. The summed E-state index contributed by atoms with van der Waals surface area (Å²) in [5.41, 5.74) is 3.44. The van der Waals surface area contributed by atoms with Crippen LogP contribution in [-0.4, -0.2) is 65.3 Å². The second-order valence-corrected chi connectivity index (χ2v) is 5.58. The lowest BCUT2D eigenvalue weighted by molar-refractivity contribution is -0.132. The van der Waals surface area contributed by atoms with Crippen LogP contribution in [0.3, 0.4) is 0 Å². The molecule has 1 saturated heterocycles. The minimum absolute atomic E-state index is 0.216. The highest BCUT2D eigenvalue weighted by Gasteiger charge is 2.19. The molecule has 1 aromatic rings. The van der Waals surface area contributed by atoms with Crippen molar-refractivity contribution in [2.75, 3.05) is 39.8 Å². The molecule has 6 heteroatoms. The van der Waals surface area contributed by atoms with Crippen molar-refractivity contribution in [2.45, 2.75) is 20.4 Å². The first-order valence-corrected chi connectivity index (χ1v) is 7.15. The maximum absolute atomic E-state index is 12.2. The quantitative estimate of drug-likeness (QED) is 0.836. The summed E-state index contributed by atoms with van der Waals surface area (Å²) in [6.45, 7) is 8.76. The van der Waals surface area contributed by atoms with Crippen molar-refractivity contribution in [3.63, 3.8) is 0 Å². The van der Waals surface area contributed by atoms with Crippen molar-refractivity contribution in [2.24, 2.45) is 7.05 Å². The minimum Gasteiger partial charge on any atom is -0.339 e. The van der Waals surface area contributed by atoms with Crippen LogP contribution in [0.1, 0.15) is 17.0 Å². The van der Waals surface area contributed by atoms with E-state index in [-0.39, 0.29) is 5.91 Å². The summed E-state index contributed by atoms with van der Waals surface area (Å²) in [7, 11) is 3.95. The van der Waals surface area contributed by atoms with Gasteiger partial charge in [-0.25, -0.2) is 0 Å². The van der Waals surface area contributed by atoms with Gasteiger partial charge in [0.15, 0.2) is 0 Å². The Morgan fingerprint density at radius 1 is 1.35 bits per heavy atom. The average Bonchev–Trinajstić information content (AvgIpc) is 2.66. The van der Waals surface area contributed by atoms with Crippen molar-refractivity contribution in [1.82, 2.24) is 24.9 Å². The number of hydrogen-bond acceptors (Lipinski definition) is 4. The van der Waals surface area contributed by atoms with Gasteiger partial charge in [0.25, 0.3) is 0 Å². The Kier molecular flexibility index (Phi) is 4.77. The number of carbonyl (C=O) groups excluding carboxylic acids is 1. The number of carbonyl (C=O) groups is 1. The third-order valence-electron chi connectivity index (χ3n) is 3.96. The summed E-state index contributed by atoms with van der Waals surface area (Å²) < 4.78 is 1.90. The van der Waals surface area contributed by atoms with E-state index < -0.39 is 0 Å². The fourth-order valence-electron chi connectivity index (χ4n) is 2.62. The SMILES string of the molecule is Cc1nn(C)c(C)c1CN(C)CC(=O)N1CCNCC1. The molecule has 112 valence electrons. The molecule has 0 atom stereocenters. The maximum atomic E-state index is 12.2. The third-order valence-corrected chi connectivity index (χ3v) is 3.96. The van der Waals surface area contributed by atoms with Crippen LogP contribution in [-0.2, 0) is 18.4 Å². The molecular formula is C14H25N5O. The van der Waals surface area contributed by atoms with Gasteiger partial charge in [-0.15, -0.1) is 0 Å². The number of piperazine rings is 1. The third kappa shape index (κ3) is 3.37. The molecule has 1 fully saturated rings. The van der Waals surface area contributed by atoms with Crippen LogP contribution in [0.2, 0.25) is 0 Å². The molecule has 20 heavy (non-hydrogen) atoms. The van der Waals surface area contributed by atoms with Crippen LogP contribution in [0.5, 0.6) is 0 Å². The molecular weight excluding hydrogens is 254 g/mol. The molecule has 0 aromatic carbocycles. The van der Waals surface area contributed by atoms with Gasteiger partial charge in [-0.3, -0.25) is 14.4 Å². The van der Waals surface area contributed by atoms with Gasteiger partial charge in [-0.05, 0) is 20.9 Å². The van der Waals surface area contributed by atoms with Crippen LogP contribution in [0.15, 0.2) is 0 Å². The van der Waals surface area contributed by atoms with Gasteiger partial charge in [0.2, 0.25) is 5.91 Å². The molecule has 1 amide bonds. The molecule has 6 nitrogen and oxygen atoms in total. The van der Waals surface area contributed by atoms with Crippen molar-refractivity contribution < 1.29 is 4.79 Å². The number of aryl methyl sites for hydroxylation is 2. The zero-order valence-corrected chi connectivity index (χ0v) is 12.9. The van der Waals surface area contributed by atoms with E-state index in [9.17, 15) is 4.79 Å². The van der Waals surface area contributed by atoms with Crippen LogP contribution in [0.4, 0.5) is 0 Å². The van der Waals surface area contributed by atoms with E-state index in [0.29, 0.717) is 6.54 Å². The Balaban J connectivity index is 1.91. The molecule has 2 rings (SSSR count). The predicted octanol–water partition coefficient (Wildman–Crippen LogP) is -0.0995. The first-order chi connectivity index (χ1) is 9.49. The van der Waals surface area contributed by atoms with Crippen molar-refractivity contribution >= 4 is 5.91 Å². The van der Waals surface area contributed by atoms with Crippen molar-refractivity contribution in [3.05, 3.63) is 17.0 Å². The largest absolute Gasteiger partial charge is 0.339 e. The van der Waals surface area contributed by atoms with E-state index in [1.165, 1.54) is 11.3 Å². The van der Waals surface area contributed by atoms with Gasteiger partial charge in [0.1, 0.15) is 0 Å². The highest BCUT2D eigenvalue weighted by atomic mass is 16.2. The highest BCUT2D eigenvalue weighted by molar-refractivity contribution is 5.78. The number of likely N-dealkylation sites (N-methyl/N-ethyl adjacent to an activating group) is 1. The number of nitrogens with zero attached hydrogens (tertiary/aromatic N) is 4. The van der Waals surface area contributed by atoms with Gasteiger partial charge < -0.3 is 10.2 Å². The average molecular weight is 279 g/mol. The van der Waals surface area contributed by atoms with E-state index in [1.54, 1.807) is 0 Å². The van der Waals surface area contributed by atoms with Crippen LogP contribution < -0.4 is 5.32 Å². The standard InChI is InChI=1S/C14H25N5O/c1-11-13(12(2)18(4)16-11)9-17(3)10-14(20)19-7-5-15-6-8-19/h15H,5-10H2,1-4H3. The van der Waals surface area contributed by atoms with Gasteiger partial charge in [-0.1, -0.05) is 0 Å². The number of nitrogens with one attached hydrogen (secondary N) is 1. The normalized spacial score (nSPS) is 15.9. The summed E-state index contributed by atoms with van der Waals surface area (Å²) in [4.78, 5) is 16.2. The first-order valence-electron chi connectivity index (χ1n) is 7.15. The van der Waals surface area contributed by atoms with Crippen molar-refractivity contribution in [1.29, 1.82) is 0 Å². The number of hydrogen-bond donors (Lipinski definition) is 1. The van der Waals surface area contributed by atoms with E-state index in [4.69, 9.17) is 0 Å². The summed E-state index contributed by atoms with van der Waals surface area (Å²) in [6, 6.07) is 0. The molecule has 0 bridgehead atoms. The smallest absolute Gasteiger partial charge is 0.236 e. The van der Waals surface area contributed by atoms with E-state index in [2.05, 4.69) is 22.2 Å². The van der Waals surface area contributed by atoms with E-state index in [0.717, 1.165) is 38.4 Å². The lowest BCUT2D eigenvalue weighted by Crippen LogP contribution is -2.49. The molecule has 1 aromatic heterocycles. The molecule has 0 radical (unpaired) electrons. The van der Waals surface area contributed by atoms with E-state index in [1.807, 2.05) is 30.6 Å². The van der Waals surface area contributed by atoms with Gasteiger partial charge in [-0.2, -0.15) is 5.10 Å². The molecule has 0 spiro atoms. The van der Waals surface area contributed by atoms with Gasteiger partial charge in [0.05, 0.1) is 12.2 Å². The maximum Gasteiger partial charge on any atom is 0.236 e. The molecule has 0 aliphatic carbocycles. The second-order valence-electron chi connectivity index (χ2n) is 5.58. The number of amides is 1. The van der Waals surface area contributed by atoms with Crippen LogP contribution >= 0.6 is 0 Å². The lowest BCUT2D eigenvalue weighted by atomic mass is 10.2. The fourth-order valence-corrected chi connectivity index (χ4v) is 2.62. The highest BCUT2D eigenvalue weighted by Crippen LogP contribution is 2.13. The fraction of sp³-hybridized carbons (Fsp3) is 0.714. The second kappa shape index (κ2) is 6.37. The van der Waals surface area contributed by atoms with Gasteiger partial charge in [0, 0.05) is 51.0 Å². The first kappa shape index (κ1) is 15.0. The number of rotatable bonds is 4. The predicted molar refractivity (Wildman–Crippen MR) is 78.5 cm³/mol.